The first kappa shape index (κ1) is 47.1. The Hall–Kier alpha value is 2.72. The van der Waals surface area contributed by atoms with E-state index in [9.17, 15) is 0 Å². The average molecular weight is 370 g/mol. The van der Waals surface area contributed by atoms with Crippen molar-refractivity contribution in [3.63, 3.8) is 0 Å². The van der Waals surface area contributed by atoms with Crippen LogP contribution < -0.4 is 0 Å². The van der Waals surface area contributed by atoms with Gasteiger partial charge in [-0.3, -0.25) is 0 Å². The quantitative estimate of drug-likeness (QED) is 0.458. The Morgan fingerprint density at radius 2 is 1.00 bits per heavy atom. The summed E-state index contributed by atoms with van der Waals surface area (Å²) in [5, 5.41) is 0. The minimum atomic E-state index is 0. The van der Waals surface area contributed by atoms with E-state index in [0.29, 0.717) is 0 Å². The van der Waals surface area contributed by atoms with Gasteiger partial charge in [0.2, 0.25) is 0 Å². The maximum atomic E-state index is 0. The molecule has 0 heterocycles. The molecule has 2 radical (unpaired) electrons. The van der Waals surface area contributed by atoms with Crippen LogP contribution in [0.1, 0.15) is 0 Å². The third-order valence-electron chi connectivity index (χ3n) is 0. The molecule has 5 heavy (non-hydrogen) atoms. The Bertz CT molecular complexity index is 11.6. The second kappa shape index (κ2) is 29.7. The van der Waals surface area contributed by atoms with Crippen molar-refractivity contribution in [3.05, 3.63) is 0 Å². The van der Waals surface area contributed by atoms with Crippen LogP contribution >= 0.6 is 0 Å². The number of hydrogen-bond acceptors (Lipinski definition) is 0. The van der Waals surface area contributed by atoms with Crippen LogP contribution in [0, 0.1) is 0 Å². The molecular weight excluding hydrogens is 366 g/mol. The van der Waals surface area contributed by atoms with E-state index >= 15 is 0 Å². The van der Waals surface area contributed by atoms with Crippen LogP contribution in [0.15, 0.2) is 0 Å². The molecule has 0 bridgehead atoms. The fraction of sp³-hybridized carbons (Fsp3) is 0. The van der Waals surface area contributed by atoms with E-state index in [1.165, 1.54) is 0 Å². The van der Waals surface area contributed by atoms with Crippen molar-refractivity contribution in [2.24, 2.45) is 0 Å². The second-order valence-corrected chi connectivity index (χ2v) is 0. The molecule has 0 aromatic heterocycles. The molecule has 0 saturated heterocycles. The zero-order chi connectivity index (χ0) is 0. The first-order valence-electron chi connectivity index (χ1n) is 0. The maximum Gasteiger partial charge on any atom is 0 e. The number of rotatable bonds is 0. The molecule has 0 N–H and O–H groups in total. The van der Waals surface area contributed by atoms with Gasteiger partial charge in [0, 0.05) is 78.4 Å². The van der Waals surface area contributed by atoms with Crippen LogP contribution in [-0.4, -0.2) is 11.0 Å². The van der Waals surface area contributed by atoms with Crippen LogP contribution in [-0.2, 0) is 78.4 Å². The zero-order valence-corrected chi connectivity index (χ0v) is 8.81. The van der Waals surface area contributed by atoms with E-state index < -0.39 is 0 Å². The summed E-state index contributed by atoms with van der Waals surface area (Å²) in [6.45, 7) is 0. The van der Waals surface area contributed by atoms with E-state index in [2.05, 4.69) is 0 Å². The van der Waals surface area contributed by atoms with E-state index in [-0.39, 0.29) is 89.4 Å². The van der Waals surface area contributed by atoms with Crippen molar-refractivity contribution in [1.82, 2.24) is 0 Å². The van der Waals surface area contributed by atoms with Crippen molar-refractivity contribution < 1.29 is 78.4 Å². The van der Waals surface area contributed by atoms with E-state index in [1.54, 1.807) is 0 Å². The van der Waals surface area contributed by atoms with Gasteiger partial charge in [-0.15, -0.1) is 0 Å². The molecular formula is H4MnSiTiVW. The van der Waals surface area contributed by atoms with Crippen LogP contribution in [0.3, 0.4) is 0 Å². The topological polar surface area (TPSA) is 0 Å². The molecule has 30 valence electrons. The zero-order valence-electron chi connectivity index (χ0n) is 1.73. The Labute approximate surface area is 88.1 Å². The van der Waals surface area contributed by atoms with Gasteiger partial charge in [0.05, 0.1) is 0 Å². The van der Waals surface area contributed by atoms with Crippen molar-refractivity contribution >= 4 is 11.0 Å². The van der Waals surface area contributed by atoms with Gasteiger partial charge in [-0.1, -0.05) is 0 Å². The van der Waals surface area contributed by atoms with Gasteiger partial charge in [0.1, 0.15) is 0 Å². The van der Waals surface area contributed by atoms with Crippen LogP contribution in [0.25, 0.3) is 0 Å². The summed E-state index contributed by atoms with van der Waals surface area (Å²) in [6.07, 6.45) is 0. The van der Waals surface area contributed by atoms with Gasteiger partial charge in [0.15, 0.2) is 0 Å². The summed E-state index contributed by atoms with van der Waals surface area (Å²) < 4.78 is 0. The maximum absolute atomic E-state index is 0. The average Bonchev–Trinajstić information content (AvgIpc) is 0. The molecule has 0 unspecified atom stereocenters. The second-order valence-electron chi connectivity index (χ2n) is 0. The minimum absolute atomic E-state index is 0. The molecule has 0 aliphatic rings. The predicted octanol–water partition coefficient (Wildman–Crippen LogP) is -1.46. The summed E-state index contributed by atoms with van der Waals surface area (Å²) in [5.41, 5.74) is 0. The largest absolute Gasteiger partial charge is 0.0149 e. The SMILES string of the molecule is [Mn].[SiH4].[Ti].[V].[W]. The fourth-order valence-electron chi connectivity index (χ4n) is 0. The van der Waals surface area contributed by atoms with Crippen molar-refractivity contribution in [3.8, 4) is 0 Å². The van der Waals surface area contributed by atoms with Gasteiger partial charge < -0.3 is 0 Å². The molecule has 0 aromatic carbocycles. The number of hydrogen-bond donors (Lipinski definition) is 0. The first-order valence-corrected chi connectivity index (χ1v) is 0. The summed E-state index contributed by atoms with van der Waals surface area (Å²) >= 11 is 0. The summed E-state index contributed by atoms with van der Waals surface area (Å²) in [4.78, 5) is 0. The molecule has 0 saturated carbocycles. The summed E-state index contributed by atoms with van der Waals surface area (Å²) in [6, 6.07) is 0. The Morgan fingerprint density at radius 1 is 1.00 bits per heavy atom. The Balaban J connectivity index is 0. The van der Waals surface area contributed by atoms with Gasteiger partial charge >= 0.3 is 0 Å². The Kier molecular flexibility index (Phi) is 280. The predicted molar refractivity (Wildman–Crippen MR) is 11.3 cm³/mol. The van der Waals surface area contributed by atoms with Crippen molar-refractivity contribution in [2.45, 2.75) is 0 Å². The molecule has 0 aliphatic carbocycles. The van der Waals surface area contributed by atoms with Gasteiger partial charge in [0.25, 0.3) is 0 Å². The molecule has 0 aliphatic heterocycles. The van der Waals surface area contributed by atoms with Crippen LogP contribution in [0.2, 0.25) is 0 Å². The molecule has 0 aromatic rings. The molecule has 5 heteroatoms. The first-order chi connectivity index (χ1) is 0. The smallest absolute Gasteiger partial charge is 0 e. The van der Waals surface area contributed by atoms with Gasteiger partial charge in [-0.25, -0.2) is 0 Å². The van der Waals surface area contributed by atoms with E-state index in [1.807, 2.05) is 0 Å². The molecule has 0 spiro atoms. The fourth-order valence-corrected chi connectivity index (χ4v) is 0. The molecule has 0 fully saturated rings. The Morgan fingerprint density at radius 3 is 1.00 bits per heavy atom. The third kappa shape index (κ3) is 20.2. The standard InChI is InChI=1S/Mn.H4Si.Ti.V.W/h;1H4;;;. The van der Waals surface area contributed by atoms with Crippen molar-refractivity contribution in [1.29, 1.82) is 0 Å². The van der Waals surface area contributed by atoms with Crippen molar-refractivity contribution in [2.75, 3.05) is 0 Å². The van der Waals surface area contributed by atoms with Gasteiger partial charge in [-0.2, -0.15) is 0 Å². The van der Waals surface area contributed by atoms with E-state index in [0.717, 1.165) is 0 Å². The van der Waals surface area contributed by atoms with E-state index in [4.69, 9.17) is 0 Å². The minimum Gasteiger partial charge on any atom is -0.0149 e. The monoisotopic (exact) mass is 370 g/mol. The summed E-state index contributed by atoms with van der Waals surface area (Å²) in [5.74, 6) is 0. The van der Waals surface area contributed by atoms with Gasteiger partial charge in [-0.05, 0) is 11.0 Å². The molecule has 0 rings (SSSR count). The van der Waals surface area contributed by atoms with Crippen LogP contribution in [0.5, 0.6) is 0 Å². The molecule has 0 amide bonds. The molecule has 0 atom stereocenters. The third-order valence-corrected chi connectivity index (χ3v) is 0. The summed E-state index contributed by atoms with van der Waals surface area (Å²) in [7, 11) is 0. The normalized spacial score (nSPS) is 0. The molecule has 0 nitrogen and oxygen atoms in total. The van der Waals surface area contributed by atoms with Crippen LogP contribution in [0.4, 0.5) is 0 Å².